The Morgan fingerprint density at radius 3 is 3.12 bits per heavy atom. The molecule has 1 N–H and O–H groups in total. The Kier molecular flexibility index (Phi) is 3.97. The van der Waals surface area contributed by atoms with E-state index in [0.29, 0.717) is 19.0 Å². The zero-order valence-corrected chi connectivity index (χ0v) is 9.86. The highest BCUT2D eigenvalue weighted by atomic mass is 19.1. The zero-order chi connectivity index (χ0) is 12.3. The third kappa shape index (κ3) is 3.17. The topological polar surface area (TPSA) is 38.7 Å². The van der Waals surface area contributed by atoms with Crippen LogP contribution in [0.1, 0.15) is 12.0 Å². The van der Waals surface area contributed by atoms with Crippen molar-refractivity contribution in [2.45, 2.75) is 19.4 Å². The summed E-state index contributed by atoms with van der Waals surface area (Å²) < 4.78 is 23.7. The van der Waals surface area contributed by atoms with Gasteiger partial charge in [0.15, 0.2) is 0 Å². The van der Waals surface area contributed by atoms with Crippen LogP contribution in [0.5, 0.6) is 5.75 Å². The van der Waals surface area contributed by atoms with Crippen LogP contribution < -0.4 is 4.74 Å². The number of hydrogen-bond donors (Lipinski definition) is 1. The van der Waals surface area contributed by atoms with E-state index in [9.17, 15) is 9.50 Å². The van der Waals surface area contributed by atoms with Crippen molar-refractivity contribution >= 4 is 0 Å². The van der Waals surface area contributed by atoms with Crippen molar-refractivity contribution in [3.8, 4) is 5.75 Å². The molecule has 0 bridgehead atoms. The van der Waals surface area contributed by atoms with Gasteiger partial charge in [0.1, 0.15) is 18.2 Å². The predicted molar refractivity (Wildman–Crippen MR) is 61.6 cm³/mol. The summed E-state index contributed by atoms with van der Waals surface area (Å²) >= 11 is 0. The van der Waals surface area contributed by atoms with Crippen LogP contribution in [0.3, 0.4) is 0 Å². The van der Waals surface area contributed by atoms with Gasteiger partial charge in [-0.3, -0.25) is 0 Å². The molecule has 17 heavy (non-hydrogen) atoms. The molecule has 0 saturated carbocycles. The van der Waals surface area contributed by atoms with Gasteiger partial charge in [0, 0.05) is 18.6 Å². The molecule has 2 unspecified atom stereocenters. The number of halogens is 1. The maximum atomic E-state index is 13.0. The molecule has 0 radical (unpaired) electrons. The van der Waals surface area contributed by atoms with Crippen molar-refractivity contribution < 1.29 is 19.0 Å². The SMILES string of the molecule is Cc1ccc(F)cc1OCC(O)C1CCOC1. The summed E-state index contributed by atoms with van der Waals surface area (Å²) in [5, 5.41) is 9.87. The van der Waals surface area contributed by atoms with Crippen LogP contribution in [0.15, 0.2) is 18.2 Å². The molecular formula is C13H17FO3. The lowest BCUT2D eigenvalue weighted by Crippen LogP contribution is -2.27. The summed E-state index contributed by atoms with van der Waals surface area (Å²) in [7, 11) is 0. The zero-order valence-electron chi connectivity index (χ0n) is 9.86. The van der Waals surface area contributed by atoms with Gasteiger partial charge in [-0.2, -0.15) is 0 Å². The maximum absolute atomic E-state index is 13.0. The van der Waals surface area contributed by atoms with E-state index < -0.39 is 6.10 Å². The van der Waals surface area contributed by atoms with Crippen LogP contribution in [-0.4, -0.2) is 31.0 Å². The molecule has 1 heterocycles. The molecule has 1 fully saturated rings. The van der Waals surface area contributed by atoms with Gasteiger partial charge in [0.25, 0.3) is 0 Å². The predicted octanol–water partition coefficient (Wildman–Crippen LogP) is 1.91. The number of ether oxygens (including phenoxy) is 2. The fourth-order valence-corrected chi connectivity index (χ4v) is 1.90. The lowest BCUT2D eigenvalue weighted by molar-refractivity contribution is 0.0496. The summed E-state index contributed by atoms with van der Waals surface area (Å²) in [6.45, 7) is 3.30. The fourth-order valence-electron chi connectivity index (χ4n) is 1.90. The van der Waals surface area contributed by atoms with Gasteiger partial charge in [-0.25, -0.2) is 4.39 Å². The fraction of sp³-hybridized carbons (Fsp3) is 0.538. The molecule has 1 saturated heterocycles. The van der Waals surface area contributed by atoms with E-state index in [1.807, 2.05) is 6.92 Å². The van der Waals surface area contributed by atoms with Crippen molar-refractivity contribution in [2.24, 2.45) is 5.92 Å². The number of hydrogen-bond acceptors (Lipinski definition) is 3. The Hall–Kier alpha value is -1.13. The lowest BCUT2D eigenvalue weighted by atomic mass is 10.0. The summed E-state index contributed by atoms with van der Waals surface area (Å²) in [6.07, 6.45) is 0.298. The van der Waals surface area contributed by atoms with E-state index in [1.165, 1.54) is 12.1 Å². The second-order valence-corrected chi connectivity index (χ2v) is 4.41. The minimum atomic E-state index is -0.555. The maximum Gasteiger partial charge on any atom is 0.126 e. The highest BCUT2D eigenvalue weighted by Crippen LogP contribution is 2.21. The van der Waals surface area contributed by atoms with Crippen LogP contribution in [0.25, 0.3) is 0 Å². The Morgan fingerprint density at radius 1 is 1.59 bits per heavy atom. The molecule has 2 rings (SSSR count). The quantitative estimate of drug-likeness (QED) is 0.873. The van der Waals surface area contributed by atoms with E-state index in [0.717, 1.165) is 12.0 Å². The van der Waals surface area contributed by atoms with E-state index in [2.05, 4.69) is 0 Å². The third-order valence-corrected chi connectivity index (χ3v) is 3.07. The largest absolute Gasteiger partial charge is 0.491 e. The van der Waals surface area contributed by atoms with Gasteiger partial charge in [0.2, 0.25) is 0 Å². The number of rotatable bonds is 4. The van der Waals surface area contributed by atoms with Gasteiger partial charge in [0.05, 0.1) is 12.7 Å². The van der Waals surface area contributed by atoms with Gasteiger partial charge in [-0.1, -0.05) is 6.07 Å². The third-order valence-electron chi connectivity index (χ3n) is 3.07. The van der Waals surface area contributed by atoms with Crippen molar-refractivity contribution in [1.29, 1.82) is 0 Å². The molecule has 0 aliphatic carbocycles. The molecule has 1 aliphatic heterocycles. The first-order valence-corrected chi connectivity index (χ1v) is 5.81. The molecule has 94 valence electrons. The lowest BCUT2D eigenvalue weighted by Gasteiger charge is -2.17. The molecule has 0 spiro atoms. The molecule has 1 aromatic carbocycles. The van der Waals surface area contributed by atoms with E-state index in [4.69, 9.17) is 9.47 Å². The molecule has 4 heteroatoms. The molecule has 0 aromatic heterocycles. The first kappa shape index (κ1) is 12.3. The Balaban J connectivity index is 1.90. The highest BCUT2D eigenvalue weighted by Gasteiger charge is 2.24. The summed E-state index contributed by atoms with van der Waals surface area (Å²) in [4.78, 5) is 0. The minimum absolute atomic E-state index is 0.129. The standard InChI is InChI=1S/C13H17FO3/c1-9-2-3-11(14)6-13(9)17-8-12(15)10-4-5-16-7-10/h2-3,6,10,12,15H,4-5,7-8H2,1H3. The van der Waals surface area contributed by atoms with Crippen molar-refractivity contribution in [2.75, 3.05) is 19.8 Å². The number of benzene rings is 1. The van der Waals surface area contributed by atoms with Crippen LogP contribution in [0.4, 0.5) is 4.39 Å². The highest BCUT2D eigenvalue weighted by molar-refractivity contribution is 5.32. The Labute approximate surface area is 100 Å². The van der Waals surface area contributed by atoms with Crippen LogP contribution in [0, 0.1) is 18.7 Å². The van der Waals surface area contributed by atoms with Gasteiger partial charge >= 0.3 is 0 Å². The number of aryl methyl sites for hydroxylation is 1. The van der Waals surface area contributed by atoms with Crippen LogP contribution in [-0.2, 0) is 4.74 Å². The summed E-state index contributed by atoms with van der Waals surface area (Å²) in [5.41, 5.74) is 0.862. The van der Waals surface area contributed by atoms with Gasteiger partial charge in [-0.15, -0.1) is 0 Å². The molecule has 3 nitrogen and oxygen atoms in total. The average molecular weight is 240 g/mol. The van der Waals surface area contributed by atoms with E-state index in [1.54, 1.807) is 6.07 Å². The Morgan fingerprint density at radius 2 is 2.41 bits per heavy atom. The van der Waals surface area contributed by atoms with Crippen molar-refractivity contribution in [3.05, 3.63) is 29.6 Å². The van der Waals surface area contributed by atoms with Crippen LogP contribution >= 0.6 is 0 Å². The number of aliphatic hydroxyl groups is 1. The minimum Gasteiger partial charge on any atom is -0.491 e. The normalized spacial score (nSPS) is 21.5. The van der Waals surface area contributed by atoms with Gasteiger partial charge in [-0.05, 0) is 25.0 Å². The number of aliphatic hydroxyl groups excluding tert-OH is 1. The van der Waals surface area contributed by atoms with E-state index in [-0.39, 0.29) is 18.3 Å². The molecule has 1 aliphatic rings. The smallest absolute Gasteiger partial charge is 0.126 e. The van der Waals surface area contributed by atoms with Crippen molar-refractivity contribution in [3.63, 3.8) is 0 Å². The second kappa shape index (κ2) is 5.47. The Bertz CT molecular complexity index is 375. The monoisotopic (exact) mass is 240 g/mol. The van der Waals surface area contributed by atoms with E-state index >= 15 is 0 Å². The second-order valence-electron chi connectivity index (χ2n) is 4.41. The molecule has 2 atom stereocenters. The first-order valence-electron chi connectivity index (χ1n) is 5.81. The molecule has 1 aromatic rings. The van der Waals surface area contributed by atoms with Gasteiger partial charge < -0.3 is 14.6 Å². The van der Waals surface area contributed by atoms with Crippen molar-refractivity contribution in [1.82, 2.24) is 0 Å². The molecule has 0 amide bonds. The summed E-state index contributed by atoms with van der Waals surface area (Å²) in [6, 6.07) is 4.40. The average Bonchev–Trinajstić information content (AvgIpc) is 2.83. The first-order chi connectivity index (χ1) is 8.16. The summed E-state index contributed by atoms with van der Waals surface area (Å²) in [5.74, 6) is 0.288. The molecular weight excluding hydrogens is 223 g/mol. The van der Waals surface area contributed by atoms with Crippen LogP contribution in [0.2, 0.25) is 0 Å².